The SMILES string of the molecule is COc1ccc(C(=O)NC(=O)COC(=O)CC(C)NC(=O)c2ccccc2)cc1. The van der Waals surface area contributed by atoms with Crippen LogP contribution < -0.4 is 15.4 Å². The maximum Gasteiger partial charge on any atom is 0.308 e. The van der Waals surface area contributed by atoms with Crippen LogP contribution in [-0.2, 0) is 14.3 Å². The maximum absolute atomic E-state index is 12.0. The molecule has 0 radical (unpaired) electrons. The molecule has 0 aromatic heterocycles. The molecule has 2 rings (SSSR count). The van der Waals surface area contributed by atoms with E-state index in [2.05, 4.69) is 10.6 Å². The van der Waals surface area contributed by atoms with Crippen LogP contribution in [0.2, 0.25) is 0 Å². The summed E-state index contributed by atoms with van der Waals surface area (Å²) in [7, 11) is 1.50. The number of imide groups is 1. The third kappa shape index (κ3) is 7.10. The van der Waals surface area contributed by atoms with Crippen LogP contribution in [0.1, 0.15) is 34.1 Å². The summed E-state index contributed by atoms with van der Waals surface area (Å²) in [5.74, 6) is -1.76. The zero-order valence-corrected chi connectivity index (χ0v) is 16.1. The van der Waals surface area contributed by atoms with Gasteiger partial charge in [0.05, 0.1) is 13.5 Å². The van der Waals surface area contributed by atoms with Gasteiger partial charge in [0.25, 0.3) is 17.7 Å². The van der Waals surface area contributed by atoms with Crippen molar-refractivity contribution in [2.75, 3.05) is 13.7 Å². The minimum atomic E-state index is -0.750. The normalized spacial score (nSPS) is 11.1. The Bertz CT molecular complexity index is 864. The first kappa shape index (κ1) is 21.6. The van der Waals surface area contributed by atoms with E-state index in [0.717, 1.165) is 0 Å². The first-order valence-electron chi connectivity index (χ1n) is 8.89. The smallest absolute Gasteiger partial charge is 0.308 e. The van der Waals surface area contributed by atoms with E-state index in [1.165, 1.54) is 19.2 Å². The summed E-state index contributed by atoms with van der Waals surface area (Å²) < 4.78 is 9.85. The van der Waals surface area contributed by atoms with E-state index in [9.17, 15) is 19.2 Å². The molecule has 0 aliphatic rings. The van der Waals surface area contributed by atoms with Crippen LogP contribution in [0.5, 0.6) is 5.75 Å². The second-order valence-corrected chi connectivity index (χ2v) is 6.21. The standard InChI is InChI=1S/C21H22N2O6/c1-14(22-20(26)15-6-4-3-5-7-15)12-19(25)29-13-18(24)23-21(27)16-8-10-17(28-2)11-9-16/h3-11,14H,12-13H2,1-2H3,(H,22,26)(H,23,24,27). The monoisotopic (exact) mass is 398 g/mol. The van der Waals surface area contributed by atoms with Gasteiger partial charge in [-0.1, -0.05) is 18.2 Å². The quantitative estimate of drug-likeness (QED) is 0.655. The van der Waals surface area contributed by atoms with Gasteiger partial charge in [0.2, 0.25) is 0 Å². The number of esters is 1. The summed E-state index contributed by atoms with van der Waals surface area (Å²) in [5.41, 5.74) is 0.742. The van der Waals surface area contributed by atoms with Crippen molar-refractivity contribution in [3.05, 3.63) is 65.7 Å². The lowest BCUT2D eigenvalue weighted by Gasteiger charge is -2.13. The molecule has 8 heteroatoms. The van der Waals surface area contributed by atoms with Gasteiger partial charge in [-0.2, -0.15) is 0 Å². The molecule has 152 valence electrons. The molecule has 2 aromatic carbocycles. The van der Waals surface area contributed by atoms with Crippen LogP contribution in [0.4, 0.5) is 0 Å². The molecule has 2 N–H and O–H groups in total. The third-order valence-corrected chi connectivity index (χ3v) is 3.86. The molecule has 3 amide bonds. The van der Waals surface area contributed by atoms with Crippen LogP contribution in [-0.4, -0.2) is 43.4 Å². The lowest BCUT2D eigenvalue weighted by molar-refractivity contribution is -0.148. The zero-order valence-electron chi connectivity index (χ0n) is 16.1. The molecule has 0 saturated carbocycles. The fraction of sp³-hybridized carbons (Fsp3) is 0.238. The van der Waals surface area contributed by atoms with Gasteiger partial charge in [-0.3, -0.25) is 24.5 Å². The number of carbonyl (C=O) groups excluding carboxylic acids is 4. The summed E-state index contributed by atoms with van der Waals surface area (Å²) in [6.07, 6.45) is -0.113. The Morgan fingerprint density at radius 1 is 0.897 bits per heavy atom. The van der Waals surface area contributed by atoms with E-state index in [0.29, 0.717) is 11.3 Å². The van der Waals surface area contributed by atoms with Crippen LogP contribution in [0.25, 0.3) is 0 Å². The Kier molecular flexibility index (Phi) is 7.90. The highest BCUT2D eigenvalue weighted by Gasteiger charge is 2.16. The predicted octanol–water partition coefficient (Wildman–Crippen LogP) is 1.70. The molecule has 1 unspecified atom stereocenters. The van der Waals surface area contributed by atoms with Gasteiger partial charge < -0.3 is 14.8 Å². The molecule has 29 heavy (non-hydrogen) atoms. The van der Waals surface area contributed by atoms with Crippen molar-refractivity contribution in [1.29, 1.82) is 0 Å². The zero-order chi connectivity index (χ0) is 21.2. The molecule has 1 atom stereocenters. The van der Waals surface area contributed by atoms with Crippen molar-refractivity contribution in [3.8, 4) is 5.75 Å². The van der Waals surface area contributed by atoms with E-state index < -0.39 is 30.4 Å². The van der Waals surface area contributed by atoms with Crippen molar-refractivity contribution in [2.24, 2.45) is 0 Å². The first-order chi connectivity index (χ1) is 13.9. The molecule has 0 aliphatic carbocycles. The Balaban J connectivity index is 1.72. The molecular formula is C21H22N2O6. The maximum atomic E-state index is 12.0. The Morgan fingerprint density at radius 2 is 1.52 bits per heavy atom. The molecule has 0 bridgehead atoms. The first-order valence-corrected chi connectivity index (χ1v) is 8.89. The summed E-state index contributed by atoms with van der Waals surface area (Å²) in [6.45, 7) is 1.05. The van der Waals surface area contributed by atoms with E-state index in [1.54, 1.807) is 49.4 Å². The van der Waals surface area contributed by atoms with Gasteiger partial charge in [0, 0.05) is 17.2 Å². The minimum absolute atomic E-state index is 0.113. The number of rotatable bonds is 8. The number of hydrogen-bond acceptors (Lipinski definition) is 6. The van der Waals surface area contributed by atoms with Crippen LogP contribution in [0, 0.1) is 0 Å². The van der Waals surface area contributed by atoms with E-state index >= 15 is 0 Å². The van der Waals surface area contributed by atoms with Crippen molar-refractivity contribution in [2.45, 2.75) is 19.4 Å². The lowest BCUT2D eigenvalue weighted by Crippen LogP contribution is -2.36. The summed E-state index contributed by atoms with van der Waals surface area (Å²) in [6, 6.07) is 14.3. The molecule has 2 aromatic rings. The van der Waals surface area contributed by atoms with Gasteiger partial charge in [0.1, 0.15) is 5.75 Å². The highest BCUT2D eigenvalue weighted by Crippen LogP contribution is 2.11. The van der Waals surface area contributed by atoms with Gasteiger partial charge in [-0.05, 0) is 43.3 Å². The fourth-order valence-corrected chi connectivity index (χ4v) is 2.38. The largest absolute Gasteiger partial charge is 0.497 e. The van der Waals surface area contributed by atoms with Crippen molar-refractivity contribution in [3.63, 3.8) is 0 Å². The molecule has 0 heterocycles. The number of nitrogens with one attached hydrogen (secondary N) is 2. The highest BCUT2D eigenvalue weighted by atomic mass is 16.5. The van der Waals surface area contributed by atoms with E-state index in [-0.39, 0.29) is 17.9 Å². The average molecular weight is 398 g/mol. The minimum Gasteiger partial charge on any atom is -0.497 e. The fourth-order valence-electron chi connectivity index (χ4n) is 2.38. The van der Waals surface area contributed by atoms with Gasteiger partial charge in [-0.15, -0.1) is 0 Å². The summed E-state index contributed by atoms with van der Waals surface area (Å²) in [4.78, 5) is 47.6. The van der Waals surface area contributed by atoms with Gasteiger partial charge in [-0.25, -0.2) is 0 Å². The van der Waals surface area contributed by atoms with Crippen molar-refractivity contribution in [1.82, 2.24) is 10.6 Å². The number of hydrogen-bond donors (Lipinski definition) is 2. The number of ether oxygens (including phenoxy) is 2. The summed E-state index contributed by atoms with van der Waals surface area (Å²) in [5, 5.41) is 4.80. The van der Waals surface area contributed by atoms with Gasteiger partial charge >= 0.3 is 5.97 Å². The molecule has 0 saturated heterocycles. The van der Waals surface area contributed by atoms with Crippen LogP contribution in [0.15, 0.2) is 54.6 Å². The Hall–Kier alpha value is -3.68. The van der Waals surface area contributed by atoms with E-state index in [1.807, 2.05) is 0 Å². The van der Waals surface area contributed by atoms with Crippen molar-refractivity contribution < 1.29 is 28.7 Å². The third-order valence-electron chi connectivity index (χ3n) is 3.86. The summed E-state index contributed by atoms with van der Waals surface area (Å²) >= 11 is 0. The van der Waals surface area contributed by atoms with Crippen LogP contribution >= 0.6 is 0 Å². The number of amides is 3. The molecule has 0 spiro atoms. The topological polar surface area (TPSA) is 111 Å². The molecule has 8 nitrogen and oxygen atoms in total. The molecule has 0 aliphatic heterocycles. The highest BCUT2D eigenvalue weighted by molar-refractivity contribution is 6.05. The Labute approximate surface area is 168 Å². The number of methoxy groups -OCH3 is 1. The van der Waals surface area contributed by atoms with Gasteiger partial charge in [0.15, 0.2) is 6.61 Å². The van der Waals surface area contributed by atoms with Crippen molar-refractivity contribution >= 4 is 23.7 Å². The number of carbonyl (C=O) groups is 4. The molecule has 0 fully saturated rings. The second-order valence-electron chi connectivity index (χ2n) is 6.21. The average Bonchev–Trinajstić information content (AvgIpc) is 2.72. The van der Waals surface area contributed by atoms with Crippen LogP contribution in [0.3, 0.4) is 0 Å². The number of benzene rings is 2. The lowest BCUT2D eigenvalue weighted by atomic mass is 10.2. The Morgan fingerprint density at radius 3 is 2.14 bits per heavy atom. The second kappa shape index (κ2) is 10.6. The molecular weight excluding hydrogens is 376 g/mol. The van der Waals surface area contributed by atoms with E-state index in [4.69, 9.17) is 9.47 Å². The predicted molar refractivity (Wildman–Crippen MR) is 104 cm³/mol.